The van der Waals surface area contributed by atoms with Crippen molar-refractivity contribution in [2.45, 2.75) is 39.3 Å². The van der Waals surface area contributed by atoms with Crippen molar-refractivity contribution in [3.63, 3.8) is 0 Å². The number of rotatable bonds is 6. The molecule has 0 fully saturated rings. The van der Waals surface area contributed by atoms with E-state index < -0.39 is 5.82 Å². The summed E-state index contributed by atoms with van der Waals surface area (Å²) in [6, 6.07) is 4.74. The minimum Gasteiger partial charge on any atom is -0.327 e. The van der Waals surface area contributed by atoms with Gasteiger partial charge >= 0.3 is 0 Å². The van der Waals surface area contributed by atoms with E-state index in [0.29, 0.717) is 24.3 Å². The molecule has 0 aliphatic rings. The molecule has 114 valence electrons. The van der Waals surface area contributed by atoms with E-state index in [2.05, 4.69) is 23.9 Å². The molecule has 0 amide bonds. The summed E-state index contributed by atoms with van der Waals surface area (Å²) in [7, 11) is 0. The lowest BCUT2D eigenvalue weighted by atomic mass is 10.0. The van der Waals surface area contributed by atoms with E-state index in [9.17, 15) is 4.39 Å². The predicted molar refractivity (Wildman–Crippen MR) is 81.7 cm³/mol. The van der Waals surface area contributed by atoms with Gasteiger partial charge in [0.1, 0.15) is 18.0 Å². The SMILES string of the molecule is CC(C)Cn1ncnc1CC(N)Cc1cccc(Cl)c1F. The summed E-state index contributed by atoms with van der Waals surface area (Å²) in [4.78, 5) is 4.24. The second-order valence-corrected chi connectivity index (χ2v) is 6.04. The number of benzene rings is 1. The van der Waals surface area contributed by atoms with Crippen LogP contribution in [-0.4, -0.2) is 20.8 Å². The first-order valence-corrected chi connectivity index (χ1v) is 7.40. The zero-order valence-corrected chi connectivity index (χ0v) is 13.0. The molecule has 1 atom stereocenters. The van der Waals surface area contributed by atoms with Gasteiger partial charge in [-0.1, -0.05) is 37.6 Å². The van der Waals surface area contributed by atoms with Crippen LogP contribution < -0.4 is 5.73 Å². The Morgan fingerprint density at radius 1 is 1.33 bits per heavy atom. The Morgan fingerprint density at radius 2 is 2.10 bits per heavy atom. The molecule has 0 spiro atoms. The maximum atomic E-state index is 13.9. The second-order valence-electron chi connectivity index (χ2n) is 5.63. The standard InChI is InChI=1S/C15H20ClFN4/c1-10(2)8-21-14(19-9-20-21)7-12(18)6-11-4-3-5-13(16)15(11)17/h3-5,9-10,12H,6-8,18H2,1-2H3. The zero-order chi connectivity index (χ0) is 15.4. The minimum atomic E-state index is -0.390. The summed E-state index contributed by atoms with van der Waals surface area (Å²) in [6.07, 6.45) is 2.50. The first kappa shape index (κ1) is 15.9. The van der Waals surface area contributed by atoms with Gasteiger partial charge in [0.2, 0.25) is 0 Å². The third-order valence-electron chi connectivity index (χ3n) is 3.19. The van der Waals surface area contributed by atoms with Gasteiger partial charge in [0.15, 0.2) is 0 Å². The van der Waals surface area contributed by atoms with E-state index in [1.54, 1.807) is 12.1 Å². The van der Waals surface area contributed by atoms with E-state index in [1.807, 2.05) is 4.68 Å². The number of nitrogens with zero attached hydrogens (tertiary/aromatic N) is 3. The zero-order valence-electron chi connectivity index (χ0n) is 12.3. The molecular weight excluding hydrogens is 291 g/mol. The maximum Gasteiger partial charge on any atom is 0.145 e. The van der Waals surface area contributed by atoms with Crippen LogP contribution in [0.4, 0.5) is 4.39 Å². The number of hydrogen-bond acceptors (Lipinski definition) is 3. The van der Waals surface area contributed by atoms with E-state index in [0.717, 1.165) is 12.4 Å². The van der Waals surface area contributed by atoms with Crippen LogP contribution in [0.3, 0.4) is 0 Å². The Labute approximate surface area is 129 Å². The van der Waals surface area contributed by atoms with Gasteiger partial charge in [-0.15, -0.1) is 0 Å². The summed E-state index contributed by atoms with van der Waals surface area (Å²) in [5.41, 5.74) is 6.66. The summed E-state index contributed by atoms with van der Waals surface area (Å²) < 4.78 is 15.7. The molecule has 0 saturated heterocycles. The topological polar surface area (TPSA) is 56.7 Å². The second kappa shape index (κ2) is 7.00. The van der Waals surface area contributed by atoms with Gasteiger partial charge in [-0.05, 0) is 24.0 Å². The van der Waals surface area contributed by atoms with E-state index in [-0.39, 0.29) is 11.1 Å². The van der Waals surface area contributed by atoms with Gasteiger partial charge < -0.3 is 5.73 Å². The fourth-order valence-electron chi connectivity index (χ4n) is 2.24. The number of nitrogens with two attached hydrogens (primary N) is 1. The van der Waals surface area contributed by atoms with Crippen LogP contribution >= 0.6 is 11.6 Å². The minimum absolute atomic E-state index is 0.127. The molecular formula is C15H20ClFN4. The molecule has 0 radical (unpaired) electrons. The Hall–Kier alpha value is -1.46. The van der Waals surface area contributed by atoms with Crippen LogP contribution in [0.2, 0.25) is 5.02 Å². The van der Waals surface area contributed by atoms with Crippen LogP contribution in [0.5, 0.6) is 0 Å². The fraction of sp³-hybridized carbons (Fsp3) is 0.467. The maximum absolute atomic E-state index is 13.9. The molecule has 0 saturated carbocycles. The Morgan fingerprint density at radius 3 is 2.81 bits per heavy atom. The molecule has 6 heteroatoms. The normalized spacial score (nSPS) is 12.9. The average molecular weight is 311 g/mol. The molecule has 0 bridgehead atoms. The summed E-state index contributed by atoms with van der Waals surface area (Å²) in [5.74, 6) is 0.920. The molecule has 2 rings (SSSR count). The van der Waals surface area contributed by atoms with Crippen molar-refractivity contribution in [3.05, 3.63) is 46.8 Å². The van der Waals surface area contributed by atoms with E-state index in [4.69, 9.17) is 17.3 Å². The molecule has 2 N–H and O–H groups in total. The predicted octanol–water partition coefficient (Wildman–Crippen LogP) is 2.84. The molecule has 1 heterocycles. The summed E-state index contributed by atoms with van der Waals surface area (Å²) in [5, 5.41) is 4.33. The highest BCUT2D eigenvalue weighted by molar-refractivity contribution is 6.30. The third-order valence-corrected chi connectivity index (χ3v) is 3.48. The molecule has 4 nitrogen and oxygen atoms in total. The lowest BCUT2D eigenvalue weighted by Gasteiger charge is -2.14. The summed E-state index contributed by atoms with van der Waals surface area (Å²) in [6.45, 7) is 5.03. The highest BCUT2D eigenvalue weighted by Gasteiger charge is 2.14. The molecule has 2 aromatic rings. The number of aromatic nitrogens is 3. The van der Waals surface area contributed by atoms with Crippen molar-refractivity contribution in [2.75, 3.05) is 0 Å². The van der Waals surface area contributed by atoms with Crippen LogP contribution in [-0.2, 0) is 19.4 Å². The first-order valence-electron chi connectivity index (χ1n) is 7.02. The first-order chi connectivity index (χ1) is 9.97. The quantitative estimate of drug-likeness (QED) is 0.892. The lowest BCUT2D eigenvalue weighted by molar-refractivity contribution is 0.457. The van der Waals surface area contributed by atoms with Crippen molar-refractivity contribution in [3.8, 4) is 0 Å². The van der Waals surface area contributed by atoms with Gasteiger partial charge in [-0.2, -0.15) is 5.10 Å². The highest BCUT2D eigenvalue weighted by Crippen LogP contribution is 2.19. The average Bonchev–Trinajstić information content (AvgIpc) is 2.81. The van der Waals surface area contributed by atoms with Crippen LogP contribution in [0.1, 0.15) is 25.2 Å². The van der Waals surface area contributed by atoms with E-state index >= 15 is 0 Å². The van der Waals surface area contributed by atoms with Crippen LogP contribution in [0.25, 0.3) is 0 Å². The van der Waals surface area contributed by atoms with Gasteiger partial charge in [0, 0.05) is 19.0 Å². The van der Waals surface area contributed by atoms with Gasteiger partial charge in [0.25, 0.3) is 0 Å². The fourth-order valence-corrected chi connectivity index (χ4v) is 2.43. The Balaban J connectivity index is 2.03. The van der Waals surface area contributed by atoms with Crippen molar-refractivity contribution in [1.29, 1.82) is 0 Å². The van der Waals surface area contributed by atoms with Gasteiger partial charge in [0.05, 0.1) is 5.02 Å². The molecule has 0 aliphatic carbocycles. The van der Waals surface area contributed by atoms with Crippen molar-refractivity contribution in [1.82, 2.24) is 14.8 Å². The van der Waals surface area contributed by atoms with Gasteiger partial charge in [-0.3, -0.25) is 0 Å². The van der Waals surface area contributed by atoms with Crippen molar-refractivity contribution in [2.24, 2.45) is 11.7 Å². The third kappa shape index (κ3) is 4.25. The molecule has 1 unspecified atom stereocenters. The smallest absolute Gasteiger partial charge is 0.145 e. The molecule has 21 heavy (non-hydrogen) atoms. The summed E-state index contributed by atoms with van der Waals surface area (Å²) >= 11 is 5.78. The van der Waals surface area contributed by atoms with Gasteiger partial charge in [-0.25, -0.2) is 14.1 Å². The molecule has 1 aromatic carbocycles. The van der Waals surface area contributed by atoms with E-state index in [1.165, 1.54) is 12.4 Å². The Kier molecular flexibility index (Phi) is 5.31. The number of halogens is 2. The number of hydrogen-bond donors (Lipinski definition) is 1. The van der Waals surface area contributed by atoms with Crippen LogP contribution in [0.15, 0.2) is 24.5 Å². The molecule has 1 aromatic heterocycles. The largest absolute Gasteiger partial charge is 0.327 e. The lowest BCUT2D eigenvalue weighted by Crippen LogP contribution is -2.28. The monoisotopic (exact) mass is 310 g/mol. The Bertz CT molecular complexity index is 597. The highest BCUT2D eigenvalue weighted by atomic mass is 35.5. The molecule has 0 aliphatic heterocycles. The van der Waals surface area contributed by atoms with Crippen molar-refractivity contribution < 1.29 is 4.39 Å². The van der Waals surface area contributed by atoms with Crippen LogP contribution in [0, 0.1) is 11.7 Å². The van der Waals surface area contributed by atoms with Crippen molar-refractivity contribution >= 4 is 11.6 Å².